The van der Waals surface area contributed by atoms with Crippen LogP contribution in [0, 0.1) is 5.92 Å². The zero-order chi connectivity index (χ0) is 16.8. The van der Waals surface area contributed by atoms with Crippen LogP contribution < -0.4 is 10.6 Å². The van der Waals surface area contributed by atoms with Gasteiger partial charge in [-0.1, -0.05) is 43.2 Å². The van der Waals surface area contributed by atoms with Crippen molar-refractivity contribution < 1.29 is 9.90 Å². The maximum atomic E-state index is 12.5. The Hall–Kier alpha value is -1.55. The lowest BCUT2D eigenvalue weighted by atomic mass is 9.92. The lowest BCUT2D eigenvalue weighted by Gasteiger charge is -2.29. The number of aliphatic hydroxyl groups excluding tert-OH is 1. The van der Waals surface area contributed by atoms with Crippen LogP contribution in [0.15, 0.2) is 30.3 Å². The first-order valence-corrected chi connectivity index (χ1v) is 9.49. The molecule has 2 aliphatic rings. The largest absolute Gasteiger partial charge is 0.393 e. The van der Waals surface area contributed by atoms with E-state index in [1.165, 1.54) is 31.2 Å². The Balaban J connectivity index is 1.55. The first kappa shape index (κ1) is 17.3. The Labute approximate surface area is 145 Å². The average Bonchev–Trinajstić information content (AvgIpc) is 3.12. The van der Waals surface area contributed by atoms with Crippen LogP contribution in [0.5, 0.6) is 0 Å². The quantitative estimate of drug-likeness (QED) is 0.775. The van der Waals surface area contributed by atoms with E-state index in [1.807, 2.05) is 6.07 Å². The van der Waals surface area contributed by atoms with Gasteiger partial charge in [-0.3, -0.25) is 0 Å². The van der Waals surface area contributed by atoms with Crippen molar-refractivity contribution in [3.63, 3.8) is 0 Å². The van der Waals surface area contributed by atoms with Gasteiger partial charge in [-0.05, 0) is 56.4 Å². The van der Waals surface area contributed by atoms with Crippen LogP contribution in [0.2, 0.25) is 0 Å². The summed E-state index contributed by atoms with van der Waals surface area (Å²) in [7, 11) is 0. The molecule has 1 aromatic rings. The molecule has 0 aromatic heterocycles. The number of benzene rings is 1. The number of hydrogen-bond acceptors (Lipinski definition) is 2. The number of hydrogen-bond donors (Lipinski definition) is 3. The summed E-state index contributed by atoms with van der Waals surface area (Å²) < 4.78 is 0. The van der Waals surface area contributed by atoms with Crippen molar-refractivity contribution in [1.29, 1.82) is 0 Å². The van der Waals surface area contributed by atoms with Crippen LogP contribution in [0.3, 0.4) is 0 Å². The van der Waals surface area contributed by atoms with Crippen molar-refractivity contribution in [2.45, 2.75) is 76.0 Å². The molecular formula is C20H30N2O2. The van der Waals surface area contributed by atoms with E-state index in [4.69, 9.17) is 0 Å². The molecule has 2 saturated carbocycles. The molecule has 0 bridgehead atoms. The lowest BCUT2D eigenvalue weighted by Crippen LogP contribution is -2.50. The van der Waals surface area contributed by atoms with Crippen molar-refractivity contribution in [1.82, 2.24) is 10.6 Å². The van der Waals surface area contributed by atoms with Crippen LogP contribution >= 0.6 is 0 Å². The summed E-state index contributed by atoms with van der Waals surface area (Å²) in [5, 5.41) is 16.0. The molecular weight excluding hydrogens is 300 g/mol. The molecule has 1 atom stereocenters. The van der Waals surface area contributed by atoms with E-state index in [1.54, 1.807) is 0 Å². The monoisotopic (exact) mass is 330 g/mol. The molecule has 4 heteroatoms. The van der Waals surface area contributed by atoms with Crippen molar-refractivity contribution in [2.24, 2.45) is 5.92 Å². The molecule has 2 aliphatic carbocycles. The second-order valence-electron chi connectivity index (χ2n) is 7.46. The standard InChI is InChI=1S/C20H30N2O2/c23-18-12-10-17(11-13-18)21-20(24)22-19(16-8-4-5-9-16)14-15-6-2-1-3-7-15/h1-3,6-7,16-19,23H,4-5,8-14H2,(H2,21,22,24). The summed E-state index contributed by atoms with van der Waals surface area (Å²) in [6, 6.07) is 10.8. The maximum Gasteiger partial charge on any atom is 0.315 e. The first-order valence-electron chi connectivity index (χ1n) is 9.49. The third-order valence-corrected chi connectivity index (χ3v) is 5.62. The predicted octanol–water partition coefficient (Wildman–Crippen LogP) is 3.39. The van der Waals surface area contributed by atoms with Crippen LogP contribution in [0.25, 0.3) is 0 Å². The minimum absolute atomic E-state index is 0.0378. The van der Waals surface area contributed by atoms with Gasteiger partial charge < -0.3 is 15.7 Å². The molecule has 0 heterocycles. The summed E-state index contributed by atoms with van der Waals surface area (Å²) in [5.74, 6) is 0.587. The highest BCUT2D eigenvalue weighted by molar-refractivity contribution is 5.74. The fourth-order valence-electron chi connectivity index (χ4n) is 4.18. The molecule has 0 aliphatic heterocycles. The zero-order valence-electron chi connectivity index (χ0n) is 14.4. The van der Waals surface area contributed by atoms with Gasteiger partial charge >= 0.3 is 6.03 Å². The van der Waals surface area contributed by atoms with Crippen molar-refractivity contribution in [3.05, 3.63) is 35.9 Å². The van der Waals surface area contributed by atoms with Gasteiger partial charge in [0.15, 0.2) is 0 Å². The Kier molecular flexibility index (Phi) is 6.13. The van der Waals surface area contributed by atoms with E-state index < -0.39 is 0 Å². The second kappa shape index (κ2) is 8.52. The Morgan fingerprint density at radius 3 is 2.38 bits per heavy atom. The van der Waals surface area contributed by atoms with Gasteiger partial charge in [-0.25, -0.2) is 4.79 Å². The fourth-order valence-corrected chi connectivity index (χ4v) is 4.18. The molecule has 3 N–H and O–H groups in total. The molecule has 1 aromatic carbocycles. The molecule has 2 fully saturated rings. The highest BCUT2D eigenvalue weighted by Crippen LogP contribution is 2.29. The minimum Gasteiger partial charge on any atom is -0.393 e. The van der Waals surface area contributed by atoms with Crippen molar-refractivity contribution >= 4 is 6.03 Å². The maximum absolute atomic E-state index is 12.5. The summed E-state index contributed by atoms with van der Waals surface area (Å²) in [5.41, 5.74) is 1.29. The highest BCUT2D eigenvalue weighted by atomic mass is 16.3. The third kappa shape index (κ3) is 4.97. The van der Waals surface area contributed by atoms with Crippen LogP contribution in [-0.4, -0.2) is 29.3 Å². The van der Waals surface area contributed by atoms with Gasteiger partial charge in [-0.2, -0.15) is 0 Å². The predicted molar refractivity (Wildman–Crippen MR) is 95.8 cm³/mol. The SMILES string of the molecule is O=C(NC1CCC(O)CC1)NC(Cc1ccccc1)C1CCCC1. The molecule has 0 spiro atoms. The molecule has 1 unspecified atom stereocenters. The van der Waals surface area contributed by atoms with E-state index in [0.717, 1.165) is 32.1 Å². The second-order valence-corrected chi connectivity index (χ2v) is 7.46. The number of aliphatic hydroxyl groups is 1. The van der Waals surface area contributed by atoms with Crippen LogP contribution in [0.4, 0.5) is 4.79 Å². The summed E-state index contributed by atoms with van der Waals surface area (Å²) >= 11 is 0. The summed E-state index contributed by atoms with van der Waals surface area (Å²) in [6.45, 7) is 0. The number of rotatable bonds is 5. The van der Waals surface area contributed by atoms with Gasteiger partial charge in [0.1, 0.15) is 0 Å². The van der Waals surface area contributed by atoms with E-state index in [-0.39, 0.29) is 24.2 Å². The normalized spacial score (nSPS) is 26.0. The Bertz CT molecular complexity index is 506. The molecule has 2 amide bonds. The molecule has 4 nitrogen and oxygen atoms in total. The number of amides is 2. The summed E-state index contributed by atoms with van der Waals surface area (Å²) in [4.78, 5) is 12.5. The smallest absolute Gasteiger partial charge is 0.315 e. The average molecular weight is 330 g/mol. The van der Waals surface area contributed by atoms with Gasteiger partial charge in [0.05, 0.1) is 6.10 Å². The third-order valence-electron chi connectivity index (χ3n) is 5.62. The number of urea groups is 1. The minimum atomic E-state index is -0.185. The summed E-state index contributed by atoms with van der Waals surface area (Å²) in [6.07, 6.45) is 9.04. The van der Waals surface area contributed by atoms with Gasteiger partial charge in [0.25, 0.3) is 0 Å². The molecule has 0 radical (unpaired) electrons. The first-order chi connectivity index (χ1) is 11.7. The van der Waals surface area contributed by atoms with E-state index in [0.29, 0.717) is 5.92 Å². The van der Waals surface area contributed by atoms with E-state index in [9.17, 15) is 9.90 Å². The fraction of sp³-hybridized carbons (Fsp3) is 0.650. The molecule has 3 rings (SSSR count). The molecule has 24 heavy (non-hydrogen) atoms. The molecule has 132 valence electrons. The van der Waals surface area contributed by atoms with Gasteiger partial charge in [0.2, 0.25) is 0 Å². The van der Waals surface area contributed by atoms with Crippen molar-refractivity contribution in [3.8, 4) is 0 Å². The van der Waals surface area contributed by atoms with Crippen LogP contribution in [0.1, 0.15) is 56.9 Å². The number of carbonyl (C=O) groups excluding carboxylic acids is 1. The number of carbonyl (C=O) groups is 1. The zero-order valence-corrected chi connectivity index (χ0v) is 14.4. The topological polar surface area (TPSA) is 61.4 Å². The Morgan fingerprint density at radius 1 is 1.04 bits per heavy atom. The Morgan fingerprint density at radius 2 is 1.71 bits per heavy atom. The molecule has 0 saturated heterocycles. The van der Waals surface area contributed by atoms with Gasteiger partial charge in [-0.15, -0.1) is 0 Å². The van der Waals surface area contributed by atoms with Crippen LogP contribution in [-0.2, 0) is 6.42 Å². The van der Waals surface area contributed by atoms with Gasteiger partial charge in [0, 0.05) is 12.1 Å². The highest BCUT2D eigenvalue weighted by Gasteiger charge is 2.28. The number of nitrogens with one attached hydrogen (secondary N) is 2. The van der Waals surface area contributed by atoms with E-state index in [2.05, 4.69) is 34.9 Å². The lowest BCUT2D eigenvalue weighted by molar-refractivity contribution is 0.117. The van der Waals surface area contributed by atoms with E-state index >= 15 is 0 Å². The van der Waals surface area contributed by atoms with Crippen molar-refractivity contribution in [2.75, 3.05) is 0 Å².